The quantitative estimate of drug-likeness (QED) is 0.337. The summed E-state index contributed by atoms with van der Waals surface area (Å²) in [5.74, 6) is 0.171. The Balaban J connectivity index is 1.43. The van der Waals surface area contributed by atoms with E-state index < -0.39 is 12.0 Å². The molecule has 0 radical (unpaired) electrons. The van der Waals surface area contributed by atoms with E-state index in [1.165, 1.54) is 43.5 Å². The predicted octanol–water partition coefficient (Wildman–Crippen LogP) is 5.60. The molecule has 1 unspecified atom stereocenters. The van der Waals surface area contributed by atoms with Crippen molar-refractivity contribution in [1.29, 1.82) is 0 Å². The molecule has 0 aliphatic heterocycles. The summed E-state index contributed by atoms with van der Waals surface area (Å²) >= 11 is 1.68. The average molecular weight is 472 g/mol. The molecule has 1 aromatic carbocycles. The largest absolute Gasteiger partial charge is 0.390 e. The van der Waals surface area contributed by atoms with E-state index in [4.69, 9.17) is 0 Å². The van der Waals surface area contributed by atoms with Crippen molar-refractivity contribution in [3.05, 3.63) is 65.2 Å². The summed E-state index contributed by atoms with van der Waals surface area (Å²) in [5.41, 5.74) is 0.503. The summed E-state index contributed by atoms with van der Waals surface area (Å²) < 4.78 is 28.3. The summed E-state index contributed by atoms with van der Waals surface area (Å²) in [6.45, 7) is 8.23. The molecule has 1 saturated carbocycles. The molecule has 1 fully saturated rings. The van der Waals surface area contributed by atoms with Gasteiger partial charge >= 0.3 is 0 Å². The monoisotopic (exact) mass is 471 g/mol. The van der Waals surface area contributed by atoms with Gasteiger partial charge < -0.3 is 10.6 Å². The van der Waals surface area contributed by atoms with E-state index >= 15 is 0 Å². The van der Waals surface area contributed by atoms with Crippen molar-refractivity contribution >= 4 is 27.4 Å². The van der Waals surface area contributed by atoms with Crippen LogP contribution in [0.25, 0.3) is 10.2 Å². The molecule has 0 saturated heterocycles. The van der Waals surface area contributed by atoms with E-state index in [-0.39, 0.29) is 12.1 Å². The molecule has 2 heterocycles. The molecule has 33 heavy (non-hydrogen) atoms. The zero-order valence-corrected chi connectivity index (χ0v) is 19.8. The van der Waals surface area contributed by atoms with Gasteiger partial charge in [0.25, 0.3) is 0 Å². The van der Waals surface area contributed by atoms with Gasteiger partial charge in [0, 0.05) is 48.2 Å². The number of rotatable bonds is 12. The van der Waals surface area contributed by atoms with Gasteiger partial charge in [0.15, 0.2) is 0 Å². The third-order valence-electron chi connectivity index (χ3n) is 6.29. The normalized spacial score (nSPS) is 14.9. The Hall–Kier alpha value is -2.58. The molecule has 1 atom stereocenters. The van der Waals surface area contributed by atoms with Gasteiger partial charge in [-0.3, -0.25) is 4.90 Å². The second kappa shape index (κ2) is 11.0. The van der Waals surface area contributed by atoms with Crippen LogP contribution in [-0.2, 0) is 13.0 Å². The third kappa shape index (κ3) is 5.68. The van der Waals surface area contributed by atoms with Gasteiger partial charge in [-0.05, 0) is 38.5 Å². The predicted molar refractivity (Wildman–Crippen MR) is 132 cm³/mol. The van der Waals surface area contributed by atoms with Crippen molar-refractivity contribution < 1.29 is 8.78 Å². The zero-order valence-electron chi connectivity index (χ0n) is 19.0. The molecule has 2 aromatic heterocycles. The van der Waals surface area contributed by atoms with Crippen LogP contribution < -0.4 is 10.6 Å². The van der Waals surface area contributed by atoms with Gasteiger partial charge in [-0.2, -0.15) is 0 Å². The lowest BCUT2D eigenvalue weighted by atomic mass is 9.91. The maximum absolute atomic E-state index is 14.6. The first kappa shape index (κ1) is 23.6. The minimum absolute atomic E-state index is 0.0826. The highest BCUT2D eigenvalue weighted by molar-refractivity contribution is 7.18. The summed E-state index contributed by atoms with van der Waals surface area (Å²) in [6.07, 6.45) is 6.76. The van der Waals surface area contributed by atoms with Gasteiger partial charge in [0.1, 0.15) is 29.0 Å². The maximum Gasteiger partial charge on any atom is 0.138 e. The van der Waals surface area contributed by atoms with Crippen molar-refractivity contribution in [1.82, 2.24) is 20.2 Å². The Kier molecular flexibility index (Phi) is 7.88. The van der Waals surface area contributed by atoms with Crippen LogP contribution in [0.3, 0.4) is 0 Å². The van der Waals surface area contributed by atoms with E-state index in [2.05, 4.69) is 38.1 Å². The first-order valence-corrected chi connectivity index (χ1v) is 12.4. The second-order valence-corrected chi connectivity index (χ2v) is 9.59. The molecule has 5 nitrogen and oxygen atoms in total. The Labute approximate surface area is 197 Å². The lowest BCUT2D eigenvalue weighted by Crippen LogP contribution is -2.44. The molecular formula is C25H31F2N5S. The van der Waals surface area contributed by atoms with Gasteiger partial charge in [0.2, 0.25) is 0 Å². The SMILES string of the molecule is C=CNCCN(CCc1cc2c(NCc3cccc(C(C)F)c3F)ncnc2s1)C1CCC1. The van der Waals surface area contributed by atoms with Crippen LogP contribution in [0.4, 0.5) is 14.6 Å². The summed E-state index contributed by atoms with van der Waals surface area (Å²) in [4.78, 5) is 13.5. The van der Waals surface area contributed by atoms with Crippen LogP contribution in [-0.4, -0.2) is 40.5 Å². The lowest BCUT2D eigenvalue weighted by molar-refractivity contribution is 0.131. The van der Waals surface area contributed by atoms with Gasteiger partial charge in [-0.1, -0.05) is 31.2 Å². The summed E-state index contributed by atoms with van der Waals surface area (Å²) in [6, 6.07) is 7.66. The van der Waals surface area contributed by atoms with E-state index in [0.29, 0.717) is 17.4 Å². The summed E-state index contributed by atoms with van der Waals surface area (Å²) in [5, 5.41) is 7.37. The summed E-state index contributed by atoms with van der Waals surface area (Å²) in [7, 11) is 0. The van der Waals surface area contributed by atoms with E-state index in [9.17, 15) is 8.78 Å². The van der Waals surface area contributed by atoms with Crippen molar-refractivity contribution in [3.8, 4) is 0 Å². The molecule has 3 aromatic rings. The van der Waals surface area contributed by atoms with Crippen LogP contribution in [0.5, 0.6) is 0 Å². The minimum atomic E-state index is -1.35. The highest BCUT2D eigenvalue weighted by Gasteiger charge is 2.24. The fraction of sp³-hybridized carbons (Fsp3) is 0.440. The second-order valence-electron chi connectivity index (χ2n) is 8.47. The number of hydrogen-bond acceptors (Lipinski definition) is 6. The molecule has 4 rings (SSSR count). The maximum atomic E-state index is 14.6. The van der Waals surface area contributed by atoms with Crippen molar-refractivity contribution in [2.75, 3.05) is 25.0 Å². The highest BCUT2D eigenvalue weighted by Crippen LogP contribution is 2.30. The number of nitrogens with zero attached hydrogens (tertiary/aromatic N) is 3. The molecule has 0 bridgehead atoms. The fourth-order valence-electron chi connectivity index (χ4n) is 4.18. The van der Waals surface area contributed by atoms with E-state index in [1.807, 2.05) is 0 Å². The van der Waals surface area contributed by atoms with Crippen LogP contribution in [0.15, 0.2) is 43.4 Å². The smallest absolute Gasteiger partial charge is 0.138 e. The van der Waals surface area contributed by atoms with E-state index in [0.717, 1.165) is 36.3 Å². The van der Waals surface area contributed by atoms with Crippen molar-refractivity contribution in [2.24, 2.45) is 0 Å². The Morgan fingerprint density at radius 2 is 2.15 bits per heavy atom. The third-order valence-corrected chi connectivity index (χ3v) is 7.39. The van der Waals surface area contributed by atoms with Gasteiger partial charge in [0.05, 0.1) is 5.39 Å². The van der Waals surface area contributed by atoms with Gasteiger partial charge in [-0.15, -0.1) is 11.3 Å². The van der Waals surface area contributed by atoms with Crippen LogP contribution in [0, 0.1) is 5.82 Å². The Morgan fingerprint density at radius 3 is 2.88 bits per heavy atom. The van der Waals surface area contributed by atoms with E-state index in [1.54, 1.807) is 29.7 Å². The first-order chi connectivity index (χ1) is 16.1. The zero-order chi connectivity index (χ0) is 23.2. The molecule has 0 spiro atoms. The number of halogens is 2. The number of nitrogens with one attached hydrogen (secondary N) is 2. The van der Waals surface area contributed by atoms with Crippen molar-refractivity contribution in [3.63, 3.8) is 0 Å². The molecule has 2 N–H and O–H groups in total. The molecule has 1 aliphatic carbocycles. The number of benzene rings is 1. The standard InChI is InChI=1S/C25H31F2N5S/c1-3-28-11-13-32(19-7-5-8-19)12-10-20-14-22-24(30-16-31-25(22)33-20)29-15-18-6-4-9-21(17(2)26)23(18)27/h3-4,6,9,14,16-17,19,28H,1,5,7-8,10-13,15H2,2H3,(H,29,30,31). The Bertz CT molecular complexity index is 1080. The first-order valence-electron chi connectivity index (χ1n) is 11.5. The van der Waals surface area contributed by atoms with Crippen LogP contribution in [0.1, 0.15) is 48.4 Å². The molecule has 1 aliphatic rings. The molecule has 0 amide bonds. The number of alkyl halides is 1. The minimum Gasteiger partial charge on any atom is -0.390 e. The fourth-order valence-corrected chi connectivity index (χ4v) is 5.17. The average Bonchev–Trinajstić information content (AvgIpc) is 3.19. The van der Waals surface area contributed by atoms with Crippen LogP contribution >= 0.6 is 11.3 Å². The lowest BCUT2D eigenvalue weighted by Gasteiger charge is -2.37. The number of thiophene rings is 1. The number of anilines is 1. The number of aromatic nitrogens is 2. The molecule has 8 heteroatoms. The topological polar surface area (TPSA) is 53.1 Å². The van der Waals surface area contributed by atoms with Crippen molar-refractivity contribution in [2.45, 2.75) is 51.4 Å². The molecule has 176 valence electrons. The number of fused-ring (bicyclic) bond motifs is 1. The number of hydrogen-bond donors (Lipinski definition) is 2. The Morgan fingerprint density at radius 1 is 1.30 bits per heavy atom. The van der Waals surface area contributed by atoms with Gasteiger partial charge in [-0.25, -0.2) is 18.7 Å². The highest BCUT2D eigenvalue weighted by atomic mass is 32.1. The molecular weight excluding hydrogens is 440 g/mol. The van der Waals surface area contributed by atoms with Crippen LogP contribution in [0.2, 0.25) is 0 Å².